The Hall–Kier alpha value is -2.48. The Labute approximate surface area is 142 Å². The molecule has 0 spiro atoms. The smallest absolute Gasteiger partial charge is 0.336 e. The molecular weight excluding hydrogens is 334 g/mol. The van der Waals surface area contributed by atoms with Crippen molar-refractivity contribution in [3.8, 4) is 5.75 Å². The monoisotopic (exact) mass is 351 g/mol. The van der Waals surface area contributed by atoms with E-state index in [0.717, 1.165) is 5.39 Å². The number of amides is 1. The molecule has 1 aromatic heterocycles. The Morgan fingerprint density at radius 3 is 2.79 bits per heavy atom. The lowest BCUT2D eigenvalue weighted by Crippen LogP contribution is -2.43. The first-order chi connectivity index (χ1) is 11.5. The van der Waals surface area contributed by atoms with Crippen LogP contribution in [-0.2, 0) is 9.59 Å². The number of ether oxygens (including phenoxy) is 1. The first-order valence-corrected chi connectivity index (χ1v) is 8.57. The van der Waals surface area contributed by atoms with E-state index >= 15 is 0 Å². The summed E-state index contributed by atoms with van der Waals surface area (Å²) in [6, 6.07) is 6.84. The molecule has 0 aliphatic carbocycles. The Bertz CT molecular complexity index is 787. The highest BCUT2D eigenvalue weighted by Crippen LogP contribution is 2.19. The summed E-state index contributed by atoms with van der Waals surface area (Å²) in [6.07, 6.45) is 2.20. The second-order valence-electron chi connectivity index (χ2n) is 4.98. The lowest BCUT2D eigenvalue weighted by atomic mass is 10.2. The molecule has 1 amide bonds. The number of hydrogen-bond acceptors (Lipinski definition) is 6. The quantitative estimate of drug-likeness (QED) is 0.694. The molecular formula is C16H17NO6S. The van der Waals surface area contributed by atoms with Crippen LogP contribution in [0.2, 0.25) is 0 Å². The van der Waals surface area contributed by atoms with Crippen molar-refractivity contribution < 1.29 is 23.8 Å². The average molecular weight is 351 g/mol. The number of thioether (sulfide) groups is 1. The van der Waals surface area contributed by atoms with Crippen LogP contribution in [0, 0.1) is 0 Å². The molecule has 0 aliphatic heterocycles. The van der Waals surface area contributed by atoms with Gasteiger partial charge in [0.05, 0.1) is 0 Å². The van der Waals surface area contributed by atoms with Crippen LogP contribution in [0.15, 0.2) is 39.5 Å². The molecule has 1 heterocycles. The van der Waals surface area contributed by atoms with Crippen molar-refractivity contribution in [1.82, 2.24) is 5.32 Å². The van der Waals surface area contributed by atoms with Crippen LogP contribution in [0.5, 0.6) is 5.75 Å². The normalized spacial score (nSPS) is 11.9. The minimum Gasteiger partial charge on any atom is -0.484 e. The van der Waals surface area contributed by atoms with E-state index in [4.69, 9.17) is 14.3 Å². The van der Waals surface area contributed by atoms with Gasteiger partial charge in [-0.05, 0) is 36.6 Å². The van der Waals surface area contributed by atoms with Gasteiger partial charge in [-0.2, -0.15) is 11.8 Å². The summed E-state index contributed by atoms with van der Waals surface area (Å²) in [4.78, 5) is 34.1. The van der Waals surface area contributed by atoms with Gasteiger partial charge in [0, 0.05) is 17.5 Å². The van der Waals surface area contributed by atoms with Crippen LogP contribution < -0.4 is 15.7 Å². The molecule has 7 nitrogen and oxygen atoms in total. The Balaban J connectivity index is 1.95. The van der Waals surface area contributed by atoms with Crippen molar-refractivity contribution in [2.45, 2.75) is 12.5 Å². The van der Waals surface area contributed by atoms with E-state index in [9.17, 15) is 14.4 Å². The number of fused-ring (bicyclic) bond motifs is 1. The first kappa shape index (κ1) is 17.9. The summed E-state index contributed by atoms with van der Waals surface area (Å²) in [7, 11) is 0. The molecule has 8 heteroatoms. The van der Waals surface area contributed by atoms with E-state index in [1.165, 1.54) is 23.9 Å². The number of rotatable bonds is 8. The highest BCUT2D eigenvalue weighted by Gasteiger charge is 2.19. The number of aliphatic carboxylic acids is 1. The third-order valence-corrected chi connectivity index (χ3v) is 3.85. The van der Waals surface area contributed by atoms with Gasteiger partial charge >= 0.3 is 11.6 Å². The van der Waals surface area contributed by atoms with E-state index in [2.05, 4.69) is 5.32 Å². The van der Waals surface area contributed by atoms with E-state index in [-0.39, 0.29) is 6.61 Å². The van der Waals surface area contributed by atoms with Crippen LogP contribution in [-0.4, -0.2) is 41.6 Å². The molecule has 0 bridgehead atoms. The molecule has 0 saturated carbocycles. The highest BCUT2D eigenvalue weighted by molar-refractivity contribution is 7.98. The van der Waals surface area contributed by atoms with Crippen LogP contribution in [0.4, 0.5) is 0 Å². The summed E-state index contributed by atoms with van der Waals surface area (Å²) in [5, 5.41) is 12.2. The minimum absolute atomic E-state index is 0.328. The molecule has 2 rings (SSSR count). The minimum atomic E-state index is -1.08. The number of carboxylic acid groups (broad SMARTS) is 1. The van der Waals surface area contributed by atoms with Gasteiger partial charge in [-0.3, -0.25) is 4.79 Å². The average Bonchev–Trinajstić information content (AvgIpc) is 2.56. The van der Waals surface area contributed by atoms with Crippen LogP contribution in [0.25, 0.3) is 11.0 Å². The third kappa shape index (κ3) is 5.02. The zero-order valence-electron chi connectivity index (χ0n) is 13.0. The molecule has 2 N–H and O–H groups in total. The number of carbonyl (C=O) groups excluding carboxylic acids is 1. The molecule has 0 saturated heterocycles. The second-order valence-corrected chi connectivity index (χ2v) is 5.97. The van der Waals surface area contributed by atoms with Crippen molar-refractivity contribution >= 4 is 34.6 Å². The van der Waals surface area contributed by atoms with Gasteiger partial charge in [0.2, 0.25) is 0 Å². The zero-order chi connectivity index (χ0) is 17.5. The molecule has 0 radical (unpaired) electrons. The summed E-state index contributed by atoms with van der Waals surface area (Å²) in [5.74, 6) is -0.632. The lowest BCUT2D eigenvalue weighted by molar-refractivity contribution is -0.142. The molecule has 2 aromatic rings. The van der Waals surface area contributed by atoms with Crippen LogP contribution in [0.3, 0.4) is 0 Å². The van der Waals surface area contributed by atoms with Gasteiger partial charge in [0.15, 0.2) is 6.61 Å². The van der Waals surface area contributed by atoms with Crippen molar-refractivity contribution in [2.75, 3.05) is 18.6 Å². The Morgan fingerprint density at radius 2 is 2.08 bits per heavy atom. The molecule has 1 aromatic carbocycles. The number of nitrogens with one attached hydrogen (secondary N) is 1. The van der Waals surface area contributed by atoms with Gasteiger partial charge < -0.3 is 19.6 Å². The largest absolute Gasteiger partial charge is 0.484 e. The molecule has 1 atom stereocenters. The maximum absolute atomic E-state index is 11.8. The molecule has 0 fully saturated rings. The van der Waals surface area contributed by atoms with Crippen LogP contribution >= 0.6 is 11.8 Å². The fourth-order valence-corrected chi connectivity index (χ4v) is 2.48. The number of hydrogen-bond donors (Lipinski definition) is 2. The Kier molecular flexibility index (Phi) is 6.25. The first-order valence-electron chi connectivity index (χ1n) is 7.17. The predicted octanol–water partition coefficient (Wildman–Crippen LogP) is 1.49. The van der Waals surface area contributed by atoms with E-state index in [1.54, 1.807) is 18.2 Å². The Morgan fingerprint density at radius 1 is 1.33 bits per heavy atom. The topological polar surface area (TPSA) is 106 Å². The molecule has 0 aliphatic rings. The summed E-state index contributed by atoms with van der Waals surface area (Å²) in [5.41, 5.74) is -0.126. The molecule has 128 valence electrons. The number of carboxylic acids is 1. The predicted molar refractivity (Wildman–Crippen MR) is 90.5 cm³/mol. The molecule has 24 heavy (non-hydrogen) atoms. The summed E-state index contributed by atoms with van der Waals surface area (Å²) >= 11 is 1.51. The SMILES string of the molecule is CSCC[C@@H](NC(=O)COc1ccc2ccc(=O)oc2c1)C(=O)O. The van der Waals surface area contributed by atoms with E-state index < -0.39 is 23.5 Å². The van der Waals surface area contributed by atoms with Gasteiger partial charge in [-0.15, -0.1) is 0 Å². The van der Waals surface area contributed by atoms with Gasteiger partial charge in [-0.25, -0.2) is 9.59 Å². The lowest BCUT2D eigenvalue weighted by Gasteiger charge is -2.14. The van der Waals surface area contributed by atoms with E-state index in [0.29, 0.717) is 23.5 Å². The standard InChI is InChI=1S/C16H17NO6S/c1-24-7-6-12(16(20)21)17-14(18)9-22-11-4-2-10-3-5-15(19)23-13(10)8-11/h2-5,8,12H,6-7,9H2,1H3,(H,17,18)(H,20,21)/t12-/m1/s1. The third-order valence-electron chi connectivity index (χ3n) is 3.21. The van der Waals surface area contributed by atoms with Gasteiger partial charge in [-0.1, -0.05) is 0 Å². The van der Waals surface area contributed by atoms with Gasteiger partial charge in [0.1, 0.15) is 17.4 Å². The van der Waals surface area contributed by atoms with Crippen molar-refractivity contribution in [3.63, 3.8) is 0 Å². The molecule has 0 unspecified atom stereocenters. The fourth-order valence-electron chi connectivity index (χ4n) is 2.01. The van der Waals surface area contributed by atoms with Crippen LogP contribution in [0.1, 0.15) is 6.42 Å². The fraction of sp³-hybridized carbons (Fsp3) is 0.312. The second kappa shape index (κ2) is 8.39. The summed E-state index contributed by atoms with van der Waals surface area (Å²) < 4.78 is 10.4. The highest BCUT2D eigenvalue weighted by atomic mass is 32.2. The number of carbonyl (C=O) groups is 2. The maximum atomic E-state index is 11.8. The van der Waals surface area contributed by atoms with Crippen molar-refractivity contribution in [2.24, 2.45) is 0 Å². The van der Waals surface area contributed by atoms with Crippen molar-refractivity contribution in [1.29, 1.82) is 0 Å². The van der Waals surface area contributed by atoms with E-state index in [1.807, 2.05) is 6.26 Å². The number of benzene rings is 1. The maximum Gasteiger partial charge on any atom is 0.336 e. The zero-order valence-corrected chi connectivity index (χ0v) is 13.8. The van der Waals surface area contributed by atoms with Gasteiger partial charge in [0.25, 0.3) is 5.91 Å². The van der Waals surface area contributed by atoms with Crippen molar-refractivity contribution in [3.05, 3.63) is 40.8 Å². The summed E-state index contributed by atoms with van der Waals surface area (Å²) in [6.45, 7) is -0.328.